The predicted molar refractivity (Wildman–Crippen MR) is 104 cm³/mol. The lowest BCUT2D eigenvalue weighted by Crippen LogP contribution is -2.27. The Kier molecular flexibility index (Phi) is 7.14. The smallest absolute Gasteiger partial charge is 0.221 e. The fraction of sp³-hybridized carbons (Fsp3) is 0.350. The lowest BCUT2D eigenvalue weighted by Gasteiger charge is -2.13. The molecule has 1 amide bonds. The second-order valence-corrected chi connectivity index (χ2v) is 6.07. The van der Waals surface area contributed by atoms with Crippen LogP contribution >= 0.6 is 0 Å². The van der Waals surface area contributed by atoms with Crippen LogP contribution in [0.5, 0.6) is 5.75 Å². The maximum atomic E-state index is 11.9. The molecule has 0 aliphatic rings. The van der Waals surface area contributed by atoms with Crippen molar-refractivity contribution < 1.29 is 9.53 Å². The van der Waals surface area contributed by atoms with Crippen LogP contribution in [0.1, 0.15) is 12.0 Å². The van der Waals surface area contributed by atoms with Crippen molar-refractivity contribution in [3.63, 3.8) is 0 Å². The van der Waals surface area contributed by atoms with E-state index in [4.69, 9.17) is 4.74 Å². The molecule has 0 radical (unpaired) electrons. The van der Waals surface area contributed by atoms with Crippen molar-refractivity contribution in [1.29, 1.82) is 0 Å². The van der Waals surface area contributed by atoms with Gasteiger partial charge >= 0.3 is 0 Å². The molecule has 0 aliphatic carbocycles. The second-order valence-electron chi connectivity index (χ2n) is 6.07. The zero-order valence-electron chi connectivity index (χ0n) is 15.2. The van der Waals surface area contributed by atoms with Crippen LogP contribution in [0, 0.1) is 0 Å². The highest BCUT2D eigenvalue weighted by Crippen LogP contribution is 2.15. The molecule has 0 atom stereocenters. The minimum atomic E-state index is 0.0610. The third kappa shape index (κ3) is 6.37. The van der Waals surface area contributed by atoms with Gasteiger partial charge in [0.15, 0.2) is 0 Å². The number of methoxy groups -OCH3 is 1. The van der Waals surface area contributed by atoms with E-state index >= 15 is 0 Å². The highest BCUT2D eigenvalue weighted by Gasteiger charge is 2.02. The molecule has 0 aromatic heterocycles. The van der Waals surface area contributed by atoms with Crippen LogP contribution < -0.4 is 20.3 Å². The molecule has 2 aromatic carbocycles. The summed E-state index contributed by atoms with van der Waals surface area (Å²) in [6, 6.07) is 16.1. The minimum absolute atomic E-state index is 0.0610. The van der Waals surface area contributed by atoms with E-state index in [0.717, 1.165) is 23.5 Å². The first kappa shape index (κ1) is 18.6. The number of carbonyl (C=O) groups is 1. The first-order valence-corrected chi connectivity index (χ1v) is 8.49. The molecule has 0 heterocycles. The lowest BCUT2D eigenvalue weighted by atomic mass is 10.1. The van der Waals surface area contributed by atoms with Crippen molar-refractivity contribution in [2.45, 2.75) is 12.8 Å². The number of rotatable bonds is 9. The molecular formula is C20H27N3O2. The molecule has 0 unspecified atom stereocenters. The molecule has 2 aromatic rings. The van der Waals surface area contributed by atoms with Gasteiger partial charge in [-0.1, -0.05) is 12.1 Å². The molecule has 0 saturated carbocycles. The Morgan fingerprint density at radius 3 is 2.28 bits per heavy atom. The van der Waals surface area contributed by atoms with Crippen molar-refractivity contribution in [3.8, 4) is 5.75 Å². The fourth-order valence-electron chi connectivity index (χ4n) is 2.42. The molecule has 2 rings (SSSR count). The quantitative estimate of drug-likeness (QED) is 0.736. The van der Waals surface area contributed by atoms with Crippen LogP contribution in [0.15, 0.2) is 48.5 Å². The summed E-state index contributed by atoms with van der Waals surface area (Å²) >= 11 is 0. The molecule has 5 nitrogen and oxygen atoms in total. The van der Waals surface area contributed by atoms with Crippen LogP contribution in [-0.4, -0.2) is 40.2 Å². The summed E-state index contributed by atoms with van der Waals surface area (Å²) in [4.78, 5) is 13.9. The molecule has 0 aliphatic heterocycles. The van der Waals surface area contributed by atoms with Crippen molar-refractivity contribution >= 4 is 17.3 Å². The van der Waals surface area contributed by atoms with E-state index < -0.39 is 0 Å². The summed E-state index contributed by atoms with van der Waals surface area (Å²) in [7, 11) is 5.68. The molecule has 0 fully saturated rings. The molecule has 0 bridgehead atoms. The Hall–Kier alpha value is -2.69. The van der Waals surface area contributed by atoms with Gasteiger partial charge < -0.3 is 20.3 Å². The minimum Gasteiger partial charge on any atom is -0.497 e. The number of ether oxygens (including phenoxy) is 1. The summed E-state index contributed by atoms with van der Waals surface area (Å²) < 4.78 is 5.13. The number of benzene rings is 2. The van der Waals surface area contributed by atoms with E-state index in [1.54, 1.807) is 7.11 Å². The number of hydrogen-bond acceptors (Lipinski definition) is 4. The zero-order chi connectivity index (χ0) is 18.1. The molecule has 25 heavy (non-hydrogen) atoms. The summed E-state index contributed by atoms with van der Waals surface area (Å²) in [5, 5.41) is 6.22. The average molecular weight is 341 g/mol. The Morgan fingerprint density at radius 1 is 1.00 bits per heavy atom. The Labute approximate surface area is 150 Å². The van der Waals surface area contributed by atoms with Crippen LogP contribution in [0.2, 0.25) is 0 Å². The van der Waals surface area contributed by atoms with Gasteiger partial charge in [-0.2, -0.15) is 0 Å². The monoisotopic (exact) mass is 341 g/mol. The molecule has 2 N–H and O–H groups in total. The topological polar surface area (TPSA) is 53.6 Å². The molecule has 5 heteroatoms. The largest absolute Gasteiger partial charge is 0.497 e. The first-order valence-electron chi connectivity index (χ1n) is 8.49. The van der Waals surface area contributed by atoms with Gasteiger partial charge in [-0.15, -0.1) is 0 Å². The van der Waals surface area contributed by atoms with Gasteiger partial charge in [-0.25, -0.2) is 0 Å². The number of anilines is 2. The molecule has 0 saturated heterocycles. The Balaban J connectivity index is 1.63. The van der Waals surface area contributed by atoms with Crippen molar-refractivity contribution in [3.05, 3.63) is 54.1 Å². The van der Waals surface area contributed by atoms with E-state index in [2.05, 4.69) is 27.7 Å². The van der Waals surface area contributed by atoms with E-state index in [1.807, 2.05) is 50.5 Å². The Morgan fingerprint density at radius 2 is 1.68 bits per heavy atom. The molecule has 0 spiro atoms. The maximum Gasteiger partial charge on any atom is 0.221 e. The molecule has 134 valence electrons. The predicted octanol–water partition coefficient (Wildman–Crippen LogP) is 2.92. The van der Waals surface area contributed by atoms with E-state index in [-0.39, 0.29) is 5.91 Å². The third-order valence-electron chi connectivity index (χ3n) is 3.96. The van der Waals surface area contributed by atoms with Crippen molar-refractivity contribution in [2.24, 2.45) is 0 Å². The van der Waals surface area contributed by atoms with E-state index in [0.29, 0.717) is 19.5 Å². The van der Waals surface area contributed by atoms with Gasteiger partial charge in [0.1, 0.15) is 5.75 Å². The van der Waals surface area contributed by atoms with E-state index in [9.17, 15) is 4.79 Å². The van der Waals surface area contributed by atoms with Gasteiger partial charge in [-0.05, 0) is 48.4 Å². The number of nitrogens with one attached hydrogen (secondary N) is 2. The zero-order valence-corrected chi connectivity index (χ0v) is 15.2. The number of carbonyl (C=O) groups excluding carboxylic acids is 1. The van der Waals surface area contributed by atoms with Gasteiger partial charge in [0.05, 0.1) is 7.11 Å². The first-order chi connectivity index (χ1) is 12.1. The van der Waals surface area contributed by atoms with Crippen LogP contribution in [0.25, 0.3) is 0 Å². The van der Waals surface area contributed by atoms with Crippen molar-refractivity contribution in [2.75, 3.05) is 44.5 Å². The van der Waals surface area contributed by atoms with E-state index in [1.165, 1.54) is 5.56 Å². The SMILES string of the molecule is COc1ccc(CCNC(=O)CCNc2ccc(N(C)C)cc2)cc1. The molecular weight excluding hydrogens is 314 g/mol. The third-order valence-corrected chi connectivity index (χ3v) is 3.96. The van der Waals surface area contributed by atoms with Gasteiger partial charge in [-0.3, -0.25) is 4.79 Å². The lowest BCUT2D eigenvalue weighted by molar-refractivity contribution is -0.120. The summed E-state index contributed by atoms with van der Waals surface area (Å²) in [6.07, 6.45) is 1.27. The van der Waals surface area contributed by atoms with Crippen LogP contribution in [0.3, 0.4) is 0 Å². The highest BCUT2D eigenvalue weighted by molar-refractivity contribution is 5.76. The van der Waals surface area contributed by atoms with Gasteiger partial charge in [0, 0.05) is 45.0 Å². The fourth-order valence-corrected chi connectivity index (χ4v) is 2.42. The normalized spacial score (nSPS) is 10.2. The summed E-state index contributed by atoms with van der Waals surface area (Å²) in [5.41, 5.74) is 3.36. The van der Waals surface area contributed by atoms with Crippen molar-refractivity contribution in [1.82, 2.24) is 5.32 Å². The van der Waals surface area contributed by atoms with Gasteiger partial charge in [0.2, 0.25) is 5.91 Å². The number of amides is 1. The Bertz CT molecular complexity index is 652. The highest BCUT2D eigenvalue weighted by atomic mass is 16.5. The summed E-state index contributed by atoms with van der Waals surface area (Å²) in [5.74, 6) is 0.906. The summed E-state index contributed by atoms with van der Waals surface area (Å²) in [6.45, 7) is 1.26. The maximum absolute atomic E-state index is 11.9. The standard InChI is InChI=1S/C20H27N3O2/c1-23(2)18-8-6-17(7-9-18)21-15-13-20(24)22-14-12-16-4-10-19(25-3)11-5-16/h4-11,21H,12-15H2,1-3H3,(H,22,24). The number of hydrogen-bond donors (Lipinski definition) is 2. The van der Waals surface area contributed by atoms with Crippen LogP contribution in [-0.2, 0) is 11.2 Å². The average Bonchev–Trinajstić information content (AvgIpc) is 2.63. The van der Waals surface area contributed by atoms with Crippen LogP contribution in [0.4, 0.5) is 11.4 Å². The second kappa shape index (κ2) is 9.57. The number of nitrogens with zero attached hydrogens (tertiary/aromatic N) is 1. The van der Waals surface area contributed by atoms with Gasteiger partial charge in [0.25, 0.3) is 0 Å².